The standard InChI is InChI=1S/C13H17N5OS/c14-10-11(18-13-15-6-7-20-13)16-8-17-12(10)19-9-4-2-1-3-5-9/h6-9H,1-5,14H2,(H,15,16,17,18). The normalized spacial score (nSPS) is 16.0. The molecule has 2 heterocycles. The Balaban J connectivity index is 1.74. The van der Waals surface area contributed by atoms with Gasteiger partial charge >= 0.3 is 0 Å². The summed E-state index contributed by atoms with van der Waals surface area (Å²) >= 11 is 1.49. The zero-order valence-corrected chi connectivity index (χ0v) is 11.9. The molecule has 0 spiro atoms. The molecule has 0 bridgehead atoms. The fourth-order valence-electron chi connectivity index (χ4n) is 2.30. The predicted octanol–water partition coefficient (Wildman–Crippen LogP) is 2.97. The number of rotatable bonds is 4. The first-order valence-corrected chi connectivity index (χ1v) is 7.64. The maximum atomic E-state index is 6.08. The highest BCUT2D eigenvalue weighted by Gasteiger charge is 2.18. The highest BCUT2D eigenvalue weighted by molar-refractivity contribution is 7.13. The van der Waals surface area contributed by atoms with Gasteiger partial charge in [-0.2, -0.15) is 4.98 Å². The summed E-state index contributed by atoms with van der Waals surface area (Å²) in [4.78, 5) is 12.4. The van der Waals surface area contributed by atoms with E-state index in [9.17, 15) is 0 Å². The van der Waals surface area contributed by atoms with E-state index in [1.807, 2.05) is 5.38 Å². The van der Waals surface area contributed by atoms with Crippen LogP contribution in [0.1, 0.15) is 32.1 Å². The number of ether oxygens (including phenoxy) is 1. The van der Waals surface area contributed by atoms with Gasteiger partial charge in [0, 0.05) is 11.6 Å². The van der Waals surface area contributed by atoms with Crippen LogP contribution < -0.4 is 15.8 Å². The van der Waals surface area contributed by atoms with Crippen molar-refractivity contribution in [3.8, 4) is 5.88 Å². The van der Waals surface area contributed by atoms with E-state index in [0.717, 1.165) is 18.0 Å². The van der Waals surface area contributed by atoms with Crippen LogP contribution in [-0.2, 0) is 0 Å². The molecule has 1 aliphatic rings. The third-order valence-electron chi connectivity index (χ3n) is 3.34. The number of nitrogen functional groups attached to an aromatic ring is 1. The molecule has 2 aromatic rings. The molecule has 1 aliphatic carbocycles. The Labute approximate surface area is 121 Å². The van der Waals surface area contributed by atoms with Crippen molar-refractivity contribution in [2.75, 3.05) is 11.1 Å². The number of hydrogen-bond acceptors (Lipinski definition) is 7. The molecule has 0 aromatic carbocycles. The number of nitrogens with two attached hydrogens (primary N) is 1. The smallest absolute Gasteiger partial charge is 0.242 e. The van der Waals surface area contributed by atoms with Gasteiger partial charge in [-0.1, -0.05) is 6.42 Å². The van der Waals surface area contributed by atoms with Crippen LogP contribution in [-0.4, -0.2) is 21.1 Å². The van der Waals surface area contributed by atoms with Crippen LogP contribution in [0.15, 0.2) is 17.9 Å². The van der Waals surface area contributed by atoms with E-state index >= 15 is 0 Å². The van der Waals surface area contributed by atoms with Gasteiger partial charge in [-0.15, -0.1) is 11.3 Å². The number of thiazole rings is 1. The topological polar surface area (TPSA) is 86.0 Å². The zero-order valence-electron chi connectivity index (χ0n) is 11.1. The van der Waals surface area contributed by atoms with E-state index in [2.05, 4.69) is 20.3 Å². The van der Waals surface area contributed by atoms with Crippen LogP contribution in [0.3, 0.4) is 0 Å². The summed E-state index contributed by atoms with van der Waals surface area (Å²) in [6.45, 7) is 0. The molecule has 6 nitrogen and oxygen atoms in total. The Bertz CT molecular complexity index is 554. The first-order chi connectivity index (χ1) is 9.83. The molecule has 3 rings (SSSR count). The average Bonchev–Trinajstić information content (AvgIpc) is 2.97. The van der Waals surface area contributed by atoms with Crippen molar-refractivity contribution >= 4 is 28.0 Å². The second kappa shape index (κ2) is 6.04. The number of nitrogens with zero attached hydrogens (tertiary/aromatic N) is 3. The molecule has 106 valence electrons. The van der Waals surface area contributed by atoms with Crippen LogP contribution in [0.4, 0.5) is 16.6 Å². The molecular formula is C13H17N5OS. The van der Waals surface area contributed by atoms with Gasteiger partial charge in [0.2, 0.25) is 5.88 Å². The molecular weight excluding hydrogens is 274 g/mol. The Hall–Kier alpha value is -1.89. The van der Waals surface area contributed by atoms with E-state index in [0.29, 0.717) is 17.4 Å². The summed E-state index contributed by atoms with van der Waals surface area (Å²) in [5, 5.41) is 5.72. The van der Waals surface area contributed by atoms with Crippen molar-refractivity contribution in [2.24, 2.45) is 0 Å². The molecule has 1 fully saturated rings. The summed E-state index contributed by atoms with van der Waals surface area (Å²) in [7, 11) is 0. The maximum Gasteiger partial charge on any atom is 0.242 e. The zero-order chi connectivity index (χ0) is 13.8. The maximum absolute atomic E-state index is 6.08. The van der Waals surface area contributed by atoms with Crippen molar-refractivity contribution in [3.63, 3.8) is 0 Å². The molecule has 0 aliphatic heterocycles. The lowest BCUT2D eigenvalue weighted by Crippen LogP contribution is -2.21. The van der Waals surface area contributed by atoms with Crippen molar-refractivity contribution in [1.82, 2.24) is 15.0 Å². The molecule has 0 saturated heterocycles. The van der Waals surface area contributed by atoms with E-state index in [1.165, 1.54) is 36.9 Å². The Kier molecular flexibility index (Phi) is 3.96. The molecule has 0 amide bonds. The summed E-state index contributed by atoms with van der Waals surface area (Å²) < 4.78 is 5.91. The molecule has 0 atom stereocenters. The van der Waals surface area contributed by atoms with Crippen molar-refractivity contribution in [2.45, 2.75) is 38.2 Å². The van der Waals surface area contributed by atoms with Gasteiger partial charge in [-0.3, -0.25) is 0 Å². The van der Waals surface area contributed by atoms with Crippen LogP contribution in [0.25, 0.3) is 0 Å². The van der Waals surface area contributed by atoms with Crippen molar-refractivity contribution in [1.29, 1.82) is 0 Å². The van der Waals surface area contributed by atoms with Crippen LogP contribution in [0, 0.1) is 0 Å². The molecule has 0 radical (unpaired) electrons. The van der Waals surface area contributed by atoms with Crippen LogP contribution in [0.2, 0.25) is 0 Å². The van der Waals surface area contributed by atoms with E-state index in [1.54, 1.807) is 6.20 Å². The lowest BCUT2D eigenvalue weighted by molar-refractivity contribution is 0.149. The van der Waals surface area contributed by atoms with E-state index in [-0.39, 0.29) is 6.10 Å². The highest BCUT2D eigenvalue weighted by Crippen LogP contribution is 2.30. The molecule has 3 N–H and O–H groups in total. The summed E-state index contributed by atoms with van der Waals surface area (Å²) in [5.74, 6) is 1.01. The monoisotopic (exact) mass is 291 g/mol. The summed E-state index contributed by atoms with van der Waals surface area (Å²) in [6, 6.07) is 0. The second-order valence-corrected chi connectivity index (χ2v) is 5.68. The minimum Gasteiger partial charge on any atom is -0.473 e. The predicted molar refractivity (Wildman–Crippen MR) is 79.3 cm³/mol. The fourth-order valence-corrected chi connectivity index (χ4v) is 2.83. The number of nitrogens with one attached hydrogen (secondary N) is 1. The third-order valence-corrected chi connectivity index (χ3v) is 4.02. The lowest BCUT2D eigenvalue weighted by atomic mass is 9.98. The molecule has 2 aromatic heterocycles. The van der Waals surface area contributed by atoms with E-state index in [4.69, 9.17) is 10.5 Å². The lowest BCUT2D eigenvalue weighted by Gasteiger charge is -2.23. The highest BCUT2D eigenvalue weighted by atomic mass is 32.1. The number of anilines is 3. The summed E-state index contributed by atoms with van der Waals surface area (Å²) in [5.41, 5.74) is 6.52. The van der Waals surface area contributed by atoms with Gasteiger partial charge < -0.3 is 15.8 Å². The molecule has 1 saturated carbocycles. The van der Waals surface area contributed by atoms with Gasteiger partial charge in [-0.05, 0) is 25.7 Å². The Morgan fingerprint density at radius 3 is 2.80 bits per heavy atom. The number of hydrogen-bond donors (Lipinski definition) is 2. The molecule has 0 unspecified atom stereocenters. The van der Waals surface area contributed by atoms with Crippen molar-refractivity contribution < 1.29 is 4.74 Å². The van der Waals surface area contributed by atoms with Gasteiger partial charge in [-0.25, -0.2) is 9.97 Å². The SMILES string of the molecule is Nc1c(Nc2nccs2)ncnc1OC1CCCCC1. The largest absolute Gasteiger partial charge is 0.473 e. The fraction of sp³-hybridized carbons (Fsp3) is 0.462. The Morgan fingerprint density at radius 2 is 2.05 bits per heavy atom. The summed E-state index contributed by atoms with van der Waals surface area (Å²) in [6.07, 6.45) is 9.25. The number of aromatic nitrogens is 3. The first-order valence-electron chi connectivity index (χ1n) is 6.76. The minimum atomic E-state index is 0.216. The molecule has 20 heavy (non-hydrogen) atoms. The molecule has 7 heteroatoms. The quantitative estimate of drug-likeness (QED) is 0.900. The van der Waals surface area contributed by atoms with Gasteiger partial charge in [0.15, 0.2) is 10.9 Å². The average molecular weight is 291 g/mol. The second-order valence-electron chi connectivity index (χ2n) is 4.78. The minimum absolute atomic E-state index is 0.216. The van der Waals surface area contributed by atoms with E-state index < -0.39 is 0 Å². The van der Waals surface area contributed by atoms with Gasteiger partial charge in [0.05, 0.1) is 0 Å². The van der Waals surface area contributed by atoms with Crippen LogP contribution in [0.5, 0.6) is 5.88 Å². The first kappa shape index (κ1) is 13.1. The van der Waals surface area contributed by atoms with Gasteiger partial charge in [0.1, 0.15) is 18.1 Å². The van der Waals surface area contributed by atoms with Gasteiger partial charge in [0.25, 0.3) is 0 Å². The van der Waals surface area contributed by atoms with Crippen molar-refractivity contribution in [3.05, 3.63) is 17.9 Å². The van der Waals surface area contributed by atoms with Crippen LogP contribution >= 0.6 is 11.3 Å². The third kappa shape index (κ3) is 2.98. The Morgan fingerprint density at radius 1 is 1.20 bits per heavy atom.